The molecule has 0 bridgehead atoms. The number of hydrogen-bond donors (Lipinski definition) is 1. The van der Waals surface area contributed by atoms with Crippen LogP contribution in [0.4, 0.5) is 0 Å². The quantitative estimate of drug-likeness (QED) is 0.905. The van der Waals surface area contributed by atoms with Gasteiger partial charge in [0.1, 0.15) is 0 Å². The highest BCUT2D eigenvalue weighted by Gasteiger charge is 2.22. The molecule has 1 aromatic carbocycles. The monoisotopic (exact) mass is 296 g/mol. The van der Waals surface area contributed by atoms with E-state index in [0.29, 0.717) is 18.2 Å². The first kappa shape index (κ1) is 17.0. The van der Waals surface area contributed by atoms with E-state index in [4.69, 9.17) is 0 Å². The molecule has 1 saturated heterocycles. The second-order valence-electron chi connectivity index (χ2n) is 5.39. The van der Waals surface area contributed by atoms with Crippen molar-refractivity contribution in [3.63, 3.8) is 0 Å². The molecular formula is C16H25ClN2O. The summed E-state index contributed by atoms with van der Waals surface area (Å²) in [5, 5.41) is 3.22. The van der Waals surface area contributed by atoms with Crippen molar-refractivity contribution in [2.45, 2.75) is 25.7 Å². The smallest absolute Gasteiger partial charge is 0.222 e. The number of aryl methyl sites for hydroxylation is 1. The van der Waals surface area contributed by atoms with Crippen LogP contribution in [-0.2, 0) is 11.2 Å². The van der Waals surface area contributed by atoms with E-state index in [1.807, 2.05) is 25.2 Å². The second-order valence-corrected chi connectivity index (χ2v) is 5.39. The molecule has 1 amide bonds. The number of benzene rings is 1. The van der Waals surface area contributed by atoms with E-state index < -0.39 is 0 Å². The molecule has 0 aliphatic carbocycles. The van der Waals surface area contributed by atoms with Crippen molar-refractivity contribution in [2.75, 3.05) is 26.7 Å². The molecule has 1 aliphatic rings. The van der Waals surface area contributed by atoms with Gasteiger partial charge in [0.2, 0.25) is 5.91 Å². The maximum absolute atomic E-state index is 12.2. The lowest BCUT2D eigenvalue weighted by Gasteiger charge is -2.32. The van der Waals surface area contributed by atoms with Gasteiger partial charge in [-0.15, -0.1) is 12.4 Å². The minimum Gasteiger partial charge on any atom is -0.342 e. The zero-order valence-electron chi connectivity index (χ0n) is 12.2. The van der Waals surface area contributed by atoms with E-state index in [-0.39, 0.29) is 12.4 Å². The number of likely N-dealkylation sites (tertiary alicyclic amines) is 1. The number of halogens is 1. The van der Waals surface area contributed by atoms with Gasteiger partial charge in [-0.2, -0.15) is 0 Å². The van der Waals surface area contributed by atoms with Gasteiger partial charge >= 0.3 is 0 Å². The highest BCUT2D eigenvalue weighted by atomic mass is 35.5. The SMILES string of the molecule is CNCC1CCCN(C(=O)CCc2ccccc2)C1.Cl. The molecule has 1 unspecified atom stereocenters. The molecule has 1 N–H and O–H groups in total. The molecule has 1 atom stereocenters. The highest BCUT2D eigenvalue weighted by molar-refractivity contribution is 5.85. The molecule has 3 nitrogen and oxygen atoms in total. The van der Waals surface area contributed by atoms with Crippen LogP contribution < -0.4 is 5.32 Å². The standard InChI is InChI=1S/C16H24N2O.ClH/c1-17-12-15-8-5-11-18(13-15)16(19)10-9-14-6-3-2-4-7-14;/h2-4,6-7,15,17H,5,8-13H2,1H3;1H. The summed E-state index contributed by atoms with van der Waals surface area (Å²) in [5.41, 5.74) is 1.25. The Morgan fingerprint density at radius 3 is 2.80 bits per heavy atom. The Hall–Kier alpha value is -1.06. The van der Waals surface area contributed by atoms with Crippen molar-refractivity contribution in [1.82, 2.24) is 10.2 Å². The Kier molecular flexibility index (Phi) is 7.63. The highest BCUT2D eigenvalue weighted by Crippen LogP contribution is 2.17. The Bertz CT molecular complexity index is 395. The van der Waals surface area contributed by atoms with Gasteiger partial charge in [0.05, 0.1) is 0 Å². The molecule has 1 heterocycles. The predicted molar refractivity (Wildman–Crippen MR) is 85.2 cm³/mol. The Labute approximate surface area is 128 Å². The summed E-state index contributed by atoms with van der Waals surface area (Å²) in [5.74, 6) is 0.934. The zero-order valence-corrected chi connectivity index (χ0v) is 13.0. The third kappa shape index (κ3) is 5.14. The van der Waals surface area contributed by atoms with E-state index in [9.17, 15) is 4.79 Å². The van der Waals surface area contributed by atoms with Crippen molar-refractivity contribution in [1.29, 1.82) is 0 Å². The minimum atomic E-state index is 0. The summed E-state index contributed by atoms with van der Waals surface area (Å²) in [6.07, 6.45) is 3.87. The lowest BCUT2D eigenvalue weighted by Crippen LogP contribution is -2.42. The van der Waals surface area contributed by atoms with Gasteiger partial charge in [-0.3, -0.25) is 4.79 Å². The summed E-state index contributed by atoms with van der Waals surface area (Å²) in [6, 6.07) is 10.3. The van der Waals surface area contributed by atoms with Crippen molar-refractivity contribution in [3.8, 4) is 0 Å². The number of carbonyl (C=O) groups is 1. The molecule has 4 heteroatoms. The average molecular weight is 297 g/mol. The average Bonchev–Trinajstić information content (AvgIpc) is 2.46. The van der Waals surface area contributed by atoms with E-state index in [1.165, 1.54) is 12.0 Å². The number of nitrogens with zero attached hydrogens (tertiary/aromatic N) is 1. The normalized spacial score (nSPS) is 18.4. The van der Waals surface area contributed by atoms with Crippen LogP contribution in [-0.4, -0.2) is 37.5 Å². The molecule has 1 aromatic rings. The van der Waals surface area contributed by atoms with Gasteiger partial charge in [-0.1, -0.05) is 30.3 Å². The molecular weight excluding hydrogens is 272 g/mol. The van der Waals surface area contributed by atoms with E-state index >= 15 is 0 Å². The van der Waals surface area contributed by atoms with Crippen LogP contribution in [0.15, 0.2) is 30.3 Å². The number of amides is 1. The topological polar surface area (TPSA) is 32.3 Å². The first-order valence-corrected chi connectivity index (χ1v) is 7.26. The van der Waals surface area contributed by atoms with Gasteiger partial charge in [0.25, 0.3) is 0 Å². The van der Waals surface area contributed by atoms with Gasteiger partial charge < -0.3 is 10.2 Å². The van der Waals surface area contributed by atoms with Crippen molar-refractivity contribution in [2.24, 2.45) is 5.92 Å². The van der Waals surface area contributed by atoms with Crippen LogP contribution in [0.2, 0.25) is 0 Å². The van der Waals surface area contributed by atoms with Crippen LogP contribution in [0.5, 0.6) is 0 Å². The summed E-state index contributed by atoms with van der Waals surface area (Å²) >= 11 is 0. The molecule has 20 heavy (non-hydrogen) atoms. The Balaban J connectivity index is 0.00000200. The summed E-state index contributed by atoms with van der Waals surface area (Å²) in [7, 11) is 1.98. The van der Waals surface area contributed by atoms with Gasteiger partial charge in [0, 0.05) is 19.5 Å². The third-order valence-electron chi connectivity index (χ3n) is 3.83. The van der Waals surface area contributed by atoms with E-state index in [2.05, 4.69) is 22.3 Å². The number of rotatable bonds is 5. The molecule has 0 saturated carbocycles. The van der Waals surface area contributed by atoms with Crippen LogP contribution in [0.1, 0.15) is 24.8 Å². The number of hydrogen-bond acceptors (Lipinski definition) is 2. The number of piperidine rings is 1. The van der Waals surface area contributed by atoms with Crippen LogP contribution in [0.25, 0.3) is 0 Å². The summed E-state index contributed by atoms with van der Waals surface area (Å²) in [4.78, 5) is 14.3. The lowest BCUT2D eigenvalue weighted by atomic mass is 9.97. The van der Waals surface area contributed by atoms with Gasteiger partial charge in [0.15, 0.2) is 0 Å². The molecule has 1 aliphatic heterocycles. The maximum atomic E-state index is 12.2. The molecule has 112 valence electrons. The summed E-state index contributed by atoms with van der Waals surface area (Å²) < 4.78 is 0. The number of nitrogens with one attached hydrogen (secondary N) is 1. The number of carbonyl (C=O) groups excluding carboxylic acids is 1. The van der Waals surface area contributed by atoms with Crippen LogP contribution >= 0.6 is 12.4 Å². The first-order chi connectivity index (χ1) is 9.29. The third-order valence-corrected chi connectivity index (χ3v) is 3.83. The summed E-state index contributed by atoms with van der Waals surface area (Å²) in [6.45, 7) is 2.88. The Morgan fingerprint density at radius 2 is 2.10 bits per heavy atom. The molecule has 2 rings (SSSR count). The zero-order chi connectivity index (χ0) is 13.5. The molecule has 1 fully saturated rings. The van der Waals surface area contributed by atoms with Crippen molar-refractivity contribution < 1.29 is 4.79 Å². The fraction of sp³-hybridized carbons (Fsp3) is 0.562. The van der Waals surface area contributed by atoms with Gasteiger partial charge in [-0.05, 0) is 44.3 Å². The van der Waals surface area contributed by atoms with Crippen molar-refractivity contribution in [3.05, 3.63) is 35.9 Å². The van der Waals surface area contributed by atoms with Crippen LogP contribution in [0, 0.1) is 5.92 Å². The first-order valence-electron chi connectivity index (χ1n) is 7.26. The minimum absolute atomic E-state index is 0. The van der Waals surface area contributed by atoms with E-state index in [0.717, 1.165) is 32.5 Å². The molecule has 0 radical (unpaired) electrons. The van der Waals surface area contributed by atoms with E-state index in [1.54, 1.807) is 0 Å². The van der Waals surface area contributed by atoms with Gasteiger partial charge in [-0.25, -0.2) is 0 Å². The maximum Gasteiger partial charge on any atom is 0.222 e. The molecule has 0 aromatic heterocycles. The molecule has 0 spiro atoms. The largest absolute Gasteiger partial charge is 0.342 e. The predicted octanol–water partition coefficient (Wildman–Crippen LogP) is 2.50. The van der Waals surface area contributed by atoms with Crippen LogP contribution in [0.3, 0.4) is 0 Å². The lowest BCUT2D eigenvalue weighted by molar-refractivity contribution is -0.132. The fourth-order valence-electron chi connectivity index (χ4n) is 2.80. The van der Waals surface area contributed by atoms with Crippen molar-refractivity contribution >= 4 is 18.3 Å². The fourth-order valence-corrected chi connectivity index (χ4v) is 2.80. The Morgan fingerprint density at radius 1 is 1.35 bits per heavy atom. The second kappa shape index (κ2) is 8.98.